The molecule has 0 amide bonds. The number of phenols is 1. The number of piperazine rings is 1. The van der Waals surface area contributed by atoms with E-state index in [2.05, 4.69) is 51.7 Å². The minimum absolute atomic E-state index is 0.0373. The van der Waals surface area contributed by atoms with Gasteiger partial charge in [-0.05, 0) is 62.4 Å². The minimum Gasteiger partial charge on any atom is -0.504 e. The number of ether oxygens (including phenoxy) is 5. The summed E-state index contributed by atoms with van der Waals surface area (Å²) in [6.07, 6.45) is 1.22. The van der Waals surface area contributed by atoms with Crippen molar-refractivity contribution in [1.29, 1.82) is 5.26 Å². The summed E-state index contributed by atoms with van der Waals surface area (Å²) in [6, 6.07) is 8.25. The fraction of sp³-hybridized carbons (Fsp3) is 0.439. The van der Waals surface area contributed by atoms with Crippen LogP contribution in [0.2, 0.25) is 0 Å². The first-order valence-corrected chi connectivity index (χ1v) is 19.7. The Balaban J connectivity index is 1.24. The summed E-state index contributed by atoms with van der Waals surface area (Å²) in [5.41, 5.74) is 7.18. The second kappa shape index (κ2) is 12.3. The molecule has 4 bridgehead atoms. The second-order valence-electron chi connectivity index (χ2n) is 15.5. The Morgan fingerprint density at radius 1 is 1.11 bits per heavy atom. The van der Waals surface area contributed by atoms with Crippen LogP contribution in [0.3, 0.4) is 0 Å². The zero-order valence-electron chi connectivity index (χ0n) is 31.1. The molecule has 2 unspecified atom stereocenters. The van der Waals surface area contributed by atoms with Gasteiger partial charge in [0, 0.05) is 64.5 Å². The molecule has 1 aromatic heterocycles. The minimum atomic E-state index is -1.24. The number of nitriles is 1. The van der Waals surface area contributed by atoms with Crippen LogP contribution in [-0.2, 0) is 32.7 Å². The number of phenolic OH excluding ortho intramolecular Hbond substituents is 1. The van der Waals surface area contributed by atoms with E-state index in [0.717, 1.165) is 50.8 Å². The van der Waals surface area contributed by atoms with Crippen LogP contribution >= 0.6 is 11.8 Å². The average Bonchev–Trinajstić information content (AvgIpc) is 3.80. The molecule has 55 heavy (non-hydrogen) atoms. The number of aryl methyl sites for hydroxylation is 2. The molecule has 14 heteroatoms. The summed E-state index contributed by atoms with van der Waals surface area (Å²) in [7, 11) is 1.55. The van der Waals surface area contributed by atoms with Crippen LogP contribution in [0.15, 0.2) is 24.3 Å². The molecule has 13 nitrogen and oxygen atoms in total. The van der Waals surface area contributed by atoms with Gasteiger partial charge in [-0.2, -0.15) is 5.26 Å². The van der Waals surface area contributed by atoms with E-state index in [1.807, 2.05) is 19.9 Å². The summed E-state index contributed by atoms with van der Waals surface area (Å²) in [4.78, 5) is 33.5. The third-order valence-electron chi connectivity index (χ3n) is 12.5. The van der Waals surface area contributed by atoms with Gasteiger partial charge in [-0.1, -0.05) is 17.7 Å². The molecule has 2 saturated heterocycles. The number of thioether (sulfide) groups is 1. The number of carbonyl (C=O) groups excluding carboxylic acids is 2. The first-order valence-electron chi connectivity index (χ1n) is 18.7. The summed E-state index contributed by atoms with van der Waals surface area (Å²) < 4.78 is 30.6. The number of nitrogens with zero attached hydrogens (tertiary/aromatic N) is 2. The lowest BCUT2D eigenvalue weighted by molar-refractivity contribution is -0.155. The van der Waals surface area contributed by atoms with Gasteiger partial charge < -0.3 is 39.1 Å². The maximum absolute atomic E-state index is 14.8. The molecule has 7 aliphatic rings. The first-order chi connectivity index (χ1) is 26.6. The molecule has 4 N–H and O–H groups in total. The highest BCUT2D eigenvalue weighted by Gasteiger charge is 2.60. The predicted octanol–water partition coefficient (Wildman–Crippen LogP) is 4.72. The van der Waals surface area contributed by atoms with Gasteiger partial charge in [0.15, 0.2) is 28.5 Å². The summed E-state index contributed by atoms with van der Waals surface area (Å²) in [5.74, 6) is 1.10. The van der Waals surface area contributed by atoms with Gasteiger partial charge >= 0.3 is 11.9 Å². The van der Waals surface area contributed by atoms with Crippen LogP contribution < -0.4 is 29.6 Å². The molecule has 3 aromatic carbocycles. The second-order valence-corrected chi connectivity index (χ2v) is 16.6. The van der Waals surface area contributed by atoms with Gasteiger partial charge in [-0.25, -0.2) is 4.79 Å². The Labute approximate surface area is 321 Å². The number of H-pyrrole nitrogens is 1. The first kappa shape index (κ1) is 34.5. The van der Waals surface area contributed by atoms with E-state index in [4.69, 9.17) is 23.7 Å². The number of carbonyl (C=O) groups is 2. The molecule has 8 heterocycles. The lowest BCUT2D eigenvalue weighted by atomic mass is 9.72. The smallest absolute Gasteiger partial charge is 0.333 e. The zero-order valence-corrected chi connectivity index (χ0v) is 31.9. The molecule has 4 aromatic rings. The average molecular weight is 764 g/mol. The predicted molar refractivity (Wildman–Crippen MR) is 202 cm³/mol. The topological polar surface area (TPSA) is 167 Å². The van der Waals surface area contributed by atoms with Crippen molar-refractivity contribution in [2.45, 2.75) is 81.5 Å². The Bertz CT molecular complexity index is 2410. The van der Waals surface area contributed by atoms with E-state index in [1.165, 1.54) is 6.92 Å². The summed E-state index contributed by atoms with van der Waals surface area (Å²) in [5, 5.41) is 31.0. The van der Waals surface area contributed by atoms with Crippen LogP contribution in [0.1, 0.15) is 74.5 Å². The molecular weight excluding hydrogens is 723 g/mol. The van der Waals surface area contributed by atoms with Crippen LogP contribution in [0.25, 0.3) is 10.9 Å². The molecule has 0 saturated carbocycles. The van der Waals surface area contributed by atoms with Crippen LogP contribution in [0.5, 0.6) is 28.7 Å². The van der Waals surface area contributed by atoms with E-state index < -0.39 is 46.9 Å². The van der Waals surface area contributed by atoms with E-state index in [9.17, 15) is 20.0 Å². The van der Waals surface area contributed by atoms with Gasteiger partial charge in [0.25, 0.3) is 0 Å². The molecule has 7 atom stereocenters. The van der Waals surface area contributed by atoms with Crippen molar-refractivity contribution < 1.29 is 38.4 Å². The van der Waals surface area contributed by atoms with Crippen molar-refractivity contribution in [3.8, 4) is 34.8 Å². The SMILES string of the molecule is COc1c(C)cc2c(c1O)C1NC(C2)[C@H](C#N)N2[C@H]1[C@@H]1SC[C@]3(NCCc4c3[nH]c3ccc(C)cc43)C(=O)OC[C@H]2c2c3c(c(C)c(OC(C)=O)c21)OCO3. The number of esters is 2. The number of rotatable bonds is 2. The number of fused-ring (bicyclic) bond motifs is 11. The largest absolute Gasteiger partial charge is 0.504 e. The summed E-state index contributed by atoms with van der Waals surface area (Å²) >= 11 is 1.54. The van der Waals surface area contributed by atoms with Crippen molar-refractivity contribution in [1.82, 2.24) is 20.5 Å². The van der Waals surface area contributed by atoms with Crippen molar-refractivity contribution in [2.75, 3.05) is 32.8 Å². The van der Waals surface area contributed by atoms with Crippen LogP contribution in [0, 0.1) is 32.1 Å². The zero-order chi connectivity index (χ0) is 38.1. The van der Waals surface area contributed by atoms with E-state index in [0.29, 0.717) is 52.7 Å². The van der Waals surface area contributed by atoms with E-state index in [-0.39, 0.29) is 30.9 Å². The molecule has 7 aliphatic heterocycles. The molecule has 2 fully saturated rings. The normalized spacial score (nSPS) is 28.8. The number of methoxy groups -OCH3 is 1. The van der Waals surface area contributed by atoms with E-state index >= 15 is 0 Å². The van der Waals surface area contributed by atoms with Gasteiger partial charge in [0.05, 0.1) is 36.2 Å². The van der Waals surface area contributed by atoms with Crippen molar-refractivity contribution in [2.24, 2.45) is 0 Å². The van der Waals surface area contributed by atoms with Crippen LogP contribution in [0.4, 0.5) is 0 Å². The molecule has 1 spiro atoms. The van der Waals surface area contributed by atoms with Crippen molar-refractivity contribution >= 4 is 34.6 Å². The summed E-state index contributed by atoms with van der Waals surface area (Å²) in [6.45, 7) is 7.60. The highest BCUT2D eigenvalue weighted by atomic mass is 32.2. The molecule has 11 rings (SSSR count). The van der Waals surface area contributed by atoms with Gasteiger partial charge in [0.2, 0.25) is 6.79 Å². The standard InChI is InChI=1S/C41H41N5O8S/c1-17-6-7-24-23(10-17)22-8-9-43-41(39(22)45-24)15-55-38-30-29(37-36(52-16-53-37)19(3)35(30)54-20(4)47)27(14-51-40(41)49)46-26(13-42)25-12-21-11-18(2)34(50-5)33(48)28(21)31(44-25)32(38)46/h6-7,10-11,25-27,31-32,38,43-45,48H,8-9,12,14-16H2,1-5H3/t25?,26-,27-,31?,32+,38+,41+/m0/s1. The van der Waals surface area contributed by atoms with Crippen molar-refractivity contribution in [3.63, 3.8) is 0 Å². The highest BCUT2D eigenvalue weighted by molar-refractivity contribution is 7.99. The quantitative estimate of drug-likeness (QED) is 0.164. The number of aromatic amines is 1. The van der Waals surface area contributed by atoms with Gasteiger partial charge in [-0.3, -0.25) is 15.0 Å². The Hall–Kier alpha value is -4.94. The van der Waals surface area contributed by atoms with Crippen molar-refractivity contribution in [3.05, 3.63) is 74.5 Å². The highest BCUT2D eigenvalue weighted by Crippen LogP contribution is 2.63. The number of nitrogens with one attached hydrogen (secondary N) is 3. The number of aromatic nitrogens is 1. The lowest BCUT2D eigenvalue weighted by Crippen LogP contribution is -2.69. The lowest BCUT2D eigenvalue weighted by Gasteiger charge is -2.59. The third-order valence-corrected chi connectivity index (χ3v) is 14.0. The molecular formula is C41H41N5O8S. The Morgan fingerprint density at radius 2 is 1.93 bits per heavy atom. The van der Waals surface area contributed by atoms with Crippen LogP contribution in [-0.4, -0.2) is 77.9 Å². The Morgan fingerprint density at radius 3 is 2.71 bits per heavy atom. The molecule has 0 radical (unpaired) electrons. The maximum atomic E-state index is 14.8. The molecule has 0 aliphatic carbocycles. The number of hydrogen-bond acceptors (Lipinski definition) is 13. The van der Waals surface area contributed by atoms with Gasteiger partial charge in [-0.15, -0.1) is 11.8 Å². The Kier molecular flexibility index (Phi) is 7.71. The third kappa shape index (κ3) is 4.70. The number of benzene rings is 3. The molecule has 284 valence electrons. The monoisotopic (exact) mass is 763 g/mol. The fourth-order valence-corrected chi connectivity index (χ4v) is 12.1. The van der Waals surface area contributed by atoms with E-state index in [1.54, 1.807) is 18.9 Å². The number of aromatic hydroxyl groups is 1. The number of hydrogen-bond donors (Lipinski definition) is 4. The maximum Gasteiger partial charge on any atom is 0.333 e. The van der Waals surface area contributed by atoms with Gasteiger partial charge in [0.1, 0.15) is 18.4 Å². The fourth-order valence-electron chi connectivity index (χ4n) is 10.4.